The molecule has 0 fully saturated rings. The van der Waals surface area contributed by atoms with E-state index < -0.39 is 0 Å². The molecule has 0 saturated heterocycles. The highest BCUT2D eigenvalue weighted by Crippen LogP contribution is 2.43. The van der Waals surface area contributed by atoms with E-state index in [1.807, 2.05) is 12.4 Å². The Bertz CT molecular complexity index is 3860. The second-order valence-electron chi connectivity index (χ2n) is 15.6. The van der Waals surface area contributed by atoms with Gasteiger partial charge in [-0.3, -0.25) is 9.55 Å². The number of fused-ring (bicyclic) bond motifs is 11. The van der Waals surface area contributed by atoms with Crippen LogP contribution < -0.4 is 0 Å². The lowest BCUT2D eigenvalue weighted by molar-refractivity contribution is 1.02. The van der Waals surface area contributed by atoms with Crippen molar-refractivity contribution >= 4 is 86.7 Å². The predicted octanol–water partition coefficient (Wildman–Crippen LogP) is 14.6. The second kappa shape index (κ2) is 13.3. The third-order valence-electron chi connectivity index (χ3n) is 12.2. The molecule has 13 aromatic rings. The van der Waals surface area contributed by atoms with Gasteiger partial charge in [0.25, 0.3) is 0 Å². The predicted molar refractivity (Wildman–Crippen MR) is 255 cm³/mol. The number of hydrogen-bond acceptors (Lipinski definition) is 4. The maximum absolute atomic E-state index is 5.45. The topological polar surface area (TPSA) is 48.5 Å². The maximum atomic E-state index is 5.45. The fraction of sp³-hybridized carbons (Fsp3) is 0. The first kappa shape index (κ1) is 34.0. The molecule has 284 valence electrons. The molecule has 0 radical (unpaired) electrons. The number of pyridine rings is 1. The van der Waals surface area contributed by atoms with E-state index in [0.717, 1.165) is 60.2 Å². The minimum absolute atomic E-state index is 0.656. The van der Waals surface area contributed by atoms with Gasteiger partial charge in [0.2, 0.25) is 5.95 Å². The first-order valence-electron chi connectivity index (χ1n) is 20.5. The molecule has 0 N–H and O–H groups in total. The summed E-state index contributed by atoms with van der Waals surface area (Å²) in [5, 5.41) is 9.69. The molecular formula is C55H33N5S. The molecule has 5 heterocycles. The maximum Gasteiger partial charge on any atom is 0.235 e. The van der Waals surface area contributed by atoms with Crippen LogP contribution in [0.25, 0.3) is 120 Å². The van der Waals surface area contributed by atoms with E-state index in [2.05, 4.69) is 202 Å². The second-order valence-corrected chi connectivity index (χ2v) is 16.7. The van der Waals surface area contributed by atoms with Gasteiger partial charge in [-0.2, -0.15) is 0 Å². The first-order chi connectivity index (χ1) is 30.2. The highest BCUT2D eigenvalue weighted by molar-refractivity contribution is 7.22. The van der Waals surface area contributed by atoms with Crippen molar-refractivity contribution in [2.24, 2.45) is 0 Å². The molecule has 0 aliphatic heterocycles. The SMILES string of the molecule is c1ccc(-c2cc3nc(-n4c5ccc(-c6ccc7c(c6)c6c8ccccc8ccc6n7-c6ccncc6)cc5c5c6ccccc6ccc54)nc(-c4ccccc4)c3s2)cc1. The molecule has 0 saturated carbocycles. The number of thiophene rings is 1. The molecule has 0 spiro atoms. The van der Waals surface area contributed by atoms with Crippen LogP contribution in [0.4, 0.5) is 0 Å². The van der Waals surface area contributed by atoms with Crippen molar-refractivity contribution in [3.63, 3.8) is 0 Å². The van der Waals surface area contributed by atoms with Crippen LogP contribution in [0.2, 0.25) is 0 Å². The van der Waals surface area contributed by atoms with E-state index in [1.54, 1.807) is 11.3 Å². The van der Waals surface area contributed by atoms with Crippen LogP contribution in [0.5, 0.6) is 0 Å². The molecule has 0 aliphatic rings. The lowest BCUT2D eigenvalue weighted by Gasteiger charge is -2.10. The number of hydrogen-bond donors (Lipinski definition) is 0. The molecule has 0 amide bonds. The summed E-state index contributed by atoms with van der Waals surface area (Å²) in [4.78, 5) is 16.3. The summed E-state index contributed by atoms with van der Waals surface area (Å²) in [7, 11) is 0. The smallest absolute Gasteiger partial charge is 0.235 e. The van der Waals surface area contributed by atoms with E-state index >= 15 is 0 Å². The zero-order chi connectivity index (χ0) is 40.0. The van der Waals surface area contributed by atoms with Gasteiger partial charge in [-0.05, 0) is 92.8 Å². The van der Waals surface area contributed by atoms with Crippen LogP contribution in [0, 0.1) is 0 Å². The van der Waals surface area contributed by atoms with Gasteiger partial charge in [-0.25, -0.2) is 9.97 Å². The Morgan fingerprint density at radius 2 is 0.934 bits per heavy atom. The Morgan fingerprint density at radius 1 is 0.393 bits per heavy atom. The fourth-order valence-corrected chi connectivity index (χ4v) is 10.6. The normalized spacial score (nSPS) is 11.9. The Balaban J connectivity index is 1.07. The van der Waals surface area contributed by atoms with Gasteiger partial charge in [-0.15, -0.1) is 11.3 Å². The van der Waals surface area contributed by atoms with Gasteiger partial charge in [0, 0.05) is 50.1 Å². The Morgan fingerprint density at radius 3 is 1.57 bits per heavy atom. The minimum atomic E-state index is 0.656. The van der Waals surface area contributed by atoms with E-state index in [1.165, 1.54) is 53.7 Å². The van der Waals surface area contributed by atoms with Gasteiger partial charge in [0.05, 0.1) is 38.0 Å². The zero-order valence-corrected chi connectivity index (χ0v) is 33.5. The summed E-state index contributed by atoms with van der Waals surface area (Å²) in [5.74, 6) is 0.656. The lowest BCUT2D eigenvalue weighted by Crippen LogP contribution is -2.02. The first-order valence-corrected chi connectivity index (χ1v) is 21.3. The molecule has 0 aliphatic carbocycles. The highest BCUT2D eigenvalue weighted by Gasteiger charge is 2.22. The van der Waals surface area contributed by atoms with Crippen molar-refractivity contribution in [1.29, 1.82) is 0 Å². The quantitative estimate of drug-likeness (QED) is 0.174. The van der Waals surface area contributed by atoms with Gasteiger partial charge in [-0.1, -0.05) is 133 Å². The van der Waals surface area contributed by atoms with Crippen LogP contribution >= 0.6 is 11.3 Å². The van der Waals surface area contributed by atoms with Gasteiger partial charge >= 0.3 is 0 Å². The molecule has 0 bridgehead atoms. The molecule has 8 aromatic carbocycles. The Hall–Kier alpha value is -7.93. The third-order valence-corrected chi connectivity index (χ3v) is 13.4. The van der Waals surface area contributed by atoms with Crippen molar-refractivity contribution in [3.8, 4) is 44.5 Å². The zero-order valence-electron chi connectivity index (χ0n) is 32.7. The standard InChI is InChI=1S/C55H33N5S/c1-3-13-36(14-4-1)50-33-45-54(61-50)53(37-15-5-2-6-16-37)58-55(57-45)60-47-24-22-39(32-44(47)52-42-18-10-8-12-35(42)20-26-49(52)60)38-21-23-46-43(31-38)51-41-17-9-7-11-34(41)19-25-48(51)59(46)40-27-29-56-30-28-40/h1-33H. The summed E-state index contributed by atoms with van der Waals surface area (Å²) in [6.45, 7) is 0. The van der Waals surface area contributed by atoms with Gasteiger partial charge in [0.1, 0.15) is 0 Å². The number of rotatable bonds is 5. The molecule has 5 aromatic heterocycles. The molecule has 61 heavy (non-hydrogen) atoms. The van der Waals surface area contributed by atoms with Crippen molar-refractivity contribution < 1.29 is 0 Å². The molecule has 6 heteroatoms. The lowest BCUT2D eigenvalue weighted by atomic mass is 9.98. The molecular weight excluding hydrogens is 763 g/mol. The molecule has 13 rings (SSSR count). The van der Waals surface area contributed by atoms with Gasteiger partial charge < -0.3 is 4.57 Å². The summed E-state index contributed by atoms with van der Waals surface area (Å²) in [6, 6.07) is 67.6. The Labute approximate surface area is 354 Å². The van der Waals surface area contributed by atoms with Crippen molar-refractivity contribution in [3.05, 3.63) is 200 Å². The number of benzene rings is 8. The summed E-state index contributed by atoms with van der Waals surface area (Å²) in [5.41, 5.74) is 12.0. The largest absolute Gasteiger partial charge is 0.309 e. The third kappa shape index (κ3) is 5.22. The summed E-state index contributed by atoms with van der Waals surface area (Å²) >= 11 is 1.75. The van der Waals surface area contributed by atoms with E-state index in [4.69, 9.17) is 9.97 Å². The number of nitrogens with zero attached hydrogens (tertiary/aromatic N) is 5. The van der Waals surface area contributed by atoms with Crippen LogP contribution in [0.1, 0.15) is 0 Å². The summed E-state index contributed by atoms with van der Waals surface area (Å²) < 4.78 is 5.71. The van der Waals surface area contributed by atoms with Crippen LogP contribution in [0.3, 0.4) is 0 Å². The van der Waals surface area contributed by atoms with E-state index in [9.17, 15) is 0 Å². The van der Waals surface area contributed by atoms with Crippen molar-refractivity contribution in [2.75, 3.05) is 0 Å². The van der Waals surface area contributed by atoms with Crippen LogP contribution in [-0.2, 0) is 0 Å². The average molecular weight is 796 g/mol. The van der Waals surface area contributed by atoms with Crippen LogP contribution in [-0.4, -0.2) is 24.1 Å². The Kier molecular flexibility index (Phi) is 7.41. The van der Waals surface area contributed by atoms with Crippen LogP contribution in [0.15, 0.2) is 200 Å². The summed E-state index contributed by atoms with van der Waals surface area (Å²) in [6.07, 6.45) is 3.73. The monoisotopic (exact) mass is 795 g/mol. The van der Waals surface area contributed by atoms with Crippen molar-refractivity contribution in [1.82, 2.24) is 24.1 Å². The highest BCUT2D eigenvalue weighted by atomic mass is 32.1. The molecule has 5 nitrogen and oxygen atoms in total. The molecule has 0 unspecified atom stereocenters. The van der Waals surface area contributed by atoms with E-state index in [-0.39, 0.29) is 0 Å². The van der Waals surface area contributed by atoms with Crippen molar-refractivity contribution in [2.45, 2.75) is 0 Å². The number of aromatic nitrogens is 5. The average Bonchev–Trinajstić information content (AvgIpc) is 4.02. The molecule has 0 atom stereocenters. The van der Waals surface area contributed by atoms with E-state index in [0.29, 0.717) is 5.95 Å². The fourth-order valence-electron chi connectivity index (χ4n) is 9.48. The minimum Gasteiger partial charge on any atom is -0.309 e. The van der Waals surface area contributed by atoms with Gasteiger partial charge in [0.15, 0.2) is 0 Å².